The second-order valence-electron chi connectivity index (χ2n) is 3.37. The molecule has 0 aliphatic carbocycles. The van der Waals surface area contributed by atoms with Crippen LogP contribution in [0, 0.1) is 0 Å². The lowest BCUT2D eigenvalue weighted by molar-refractivity contribution is -0.121. The lowest BCUT2D eigenvalue weighted by Crippen LogP contribution is -2.24. The summed E-state index contributed by atoms with van der Waals surface area (Å²) in [4.78, 5) is 19.0. The monoisotopic (exact) mass is 209 g/mol. The average molecular weight is 209 g/mol. The average Bonchev–Trinajstić information content (AvgIpc) is 2.25. The van der Waals surface area contributed by atoms with Crippen LogP contribution in [-0.2, 0) is 11.3 Å². The Labute approximate surface area is 88.6 Å². The van der Waals surface area contributed by atoms with Crippen molar-refractivity contribution < 1.29 is 9.90 Å². The number of aromatic nitrogens is 2. The Balaban J connectivity index is 2.23. The van der Waals surface area contributed by atoms with Crippen LogP contribution in [-0.4, -0.2) is 27.1 Å². The minimum atomic E-state index is -0.435. The summed E-state index contributed by atoms with van der Waals surface area (Å²) in [7, 11) is 0. The van der Waals surface area contributed by atoms with E-state index in [9.17, 15) is 4.79 Å². The van der Waals surface area contributed by atoms with Crippen molar-refractivity contribution >= 4 is 5.91 Å². The highest BCUT2D eigenvalue weighted by atomic mass is 16.3. The molecule has 0 saturated heterocycles. The maximum Gasteiger partial charge on any atom is 0.220 e. The van der Waals surface area contributed by atoms with E-state index in [2.05, 4.69) is 15.3 Å². The summed E-state index contributed by atoms with van der Waals surface area (Å²) in [6, 6.07) is 1.74. The number of aliphatic hydroxyl groups is 1. The fourth-order valence-corrected chi connectivity index (χ4v) is 1.04. The zero-order valence-corrected chi connectivity index (χ0v) is 8.68. The summed E-state index contributed by atoms with van der Waals surface area (Å²) in [5.74, 6) is -0.0745. The van der Waals surface area contributed by atoms with Gasteiger partial charge in [0.1, 0.15) is 6.33 Å². The summed E-state index contributed by atoms with van der Waals surface area (Å²) in [5, 5.41) is 11.7. The van der Waals surface area contributed by atoms with Gasteiger partial charge in [0.2, 0.25) is 5.91 Å². The van der Waals surface area contributed by atoms with Crippen molar-refractivity contribution in [2.24, 2.45) is 0 Å². The molecule has 1 amide bonds. The van der Waals surface area contributed by atoms with E-state index >= 15 is 0 Å². The highest BCUT2D eigenvalue weighted by molar-refractivity contribution is 5.75. The molecule has 5 heteroatoms. The van der Waals surface area contributed by atoms with E-state index in [1.54, 1.807) is 19.2 Å². The van der Waals surface area contributed by atoms with Gasteiger partial charge in [0.25, 0.3) is 0 Å². The highest BCUT2D eigenvalue weighted by Crippen LogP contribution is 1.96. The van der Waals surface area contributed by atoms with Crippen LogP contribution in [0.3, 0.4) is 0 Å². The molecule has 0 aromatic carbocycles. The van der Waals surface area contributed by atoms with Gasteiger partial charge in [0.15, 0.2) is 0 Å². The van der Waals surface area contributed by atoms with E-state index in [4.69, 9.17) is 5.11 Å². The first kappa shape index (κ1) is 11.6. The molecular formula is C10H15N3O2. The second kappa shape index (κ2) is 6.08. The lowest BCUT2D eigenvalue weighted by atomic mass is 10.2. The molecule has 0 saturated carbocycles. The third-order valence-corrected chi connectivity index (χ3v) is 1.90. The van der Waals surface area contributed by atoms with Gasteiger partial charge < -0.3 is 10.4 Å². The van der Waals surface area contributed by atoms with Crippen LogP contribution in [0.4, 0.5) is 0 Å². The molecule has 1 rings (SSSR count). The van der Waals surface area contributed by atoms with Gasteiger partial charge in [-0.2, -0.15) is 0 Å². The lowest BCUT2D eigenvalue weighted by Gasteiger charge is -2.05. The molecule has 1 aromatic heterocycles. The third-order valence-electron chi connectivity index (χ3n) is 1.90. The van der Waals surface area contributed by atoms with Gasteiger partial charge in [0, 0.05) is 12.6 Å². The van der Waals surface area contributed by atoms with Crippen molar-refractivity contribution in [3.8, 4) is 0 Å². The summed E-state index contributed by atoms with van der Waals surface area (Å²) < 4.78 is 0. The Morgan fingerprint density at radius 3 is 3.07 bits per heavy atom. The van der Waals surface area contributed by atoms with Gasteiger partial charge in [-0.1, -0.05) is 0 Å². The van der Waals surface area contributed by atoms with Crippen LogP contribution < -0.4 is 5.32 Å². The first-order valence-corrected chi connectivity index (χ1v) is 4.88. The molecule has 15 heavy (non-hydrogen) atoms. The van der Waals surface area contributed by atoms with E-state index in [1.165, 1.54) is 6.33 Å². The van der Waals surface area contributed by atoms with Gasteiger partial charge in [0.05, 0.1) is 18.3 Å². The van der Waals surface area contributed by atoms with E-state index in [1.807, 2.05) is 0 Å². The summed E-state index contributed by atoms with van der Waals surface area (Å²) in [6.07, 6.45) is 3.45. The van der Waals surface area contributed by atoms with Crippen molar-refractivity contribution in [2.75, 3.05) is 0 Å². The largest absolute Gasteiger partial charge is 0.393 e. The molecule has 0 fully saturated rings. The predicted octanol–water partition coefficient (Wildman–Crippen LogP) is 0.254. The molecule has 2 N–H and O–H groups in total. The number of nitrogens with zero attached hydrogens (tertiary/aromatic N) is 2. The zero-order chi connectivity index (χ0) is 11.1. The van der Waals surface area contributed by atoms with Crippen molar-refractivity contribution in [2.45, 2.75) is 32.4 Å². The van der Waals surface area contributed by atoms with E-state index in [0.29, 0.717) is 19.4 Å². The Kier molecular flexibility index (Phi) is 4.70. The molecule has 0 aliphatic heterocycles. The van der Waals surface area contributed by atoms with Crippen molar-refractivity contribution in [1.82, 2.24) is 15.3 Å². The van der Waals surface area contributed by atoms with Crippen LogP contribution in [0.15, 0.2) is 18.6 Å². The fraction of sp³-hybridized carbons (Fsp3) is 0.500. The number of rotatable bonds is 5. The van der Waals surface area contributed by atoms with Gasteiger partial charge in [-0.05, 0) is 19.4 Å². The second-order valence-corrected chi connectivity index (χ2v) is 3.37. The molecule has 0 spiro atoms. The van der Waals surface area contributed by atoms with Crippen molar-refractivity contribution in [3.63, 3.8) is 0 Å². The van der Waals surface area contributed by atoms with Gasteiger partial charge in [-0.3, -0.25) is 4.79 Å². The number of carbonyl (C=O) groups excluding carboxylic acids is 1. The maximum absolute atomic E-state index is 11.3. The molecule has 0 bridgehead atoms. The number of aliphatic hydroxyl groups excluding tert-OH is 1. The van der Waals surface area contributed by atoms with Crippen molar-refractivity contribution in [1.29, 1.82) is 0 Å². The summed E-state index contributed by atoms with van der Waals surface area (Å²) in [6.45, 7) is 2.07. The molecule has 1 unspecified atom stereocenters. The normalized spacial score (nSPS) is 12.1. The zero-order valence-electron chi connectivity index (χ0n) is 8.68. The number of hydrogen-bond donors (Lipinski definition) is 2. The van der Waals surface area contributed by atoms with E-state index < -0.39 is 6.10 Å². The number of carbonyl (C=O) groups is 1. The minimum Gasteiger partial charge on any atom is -0.393 e. The van der Waals surface area contributed by atoms with E-state index in [-0.39, 0.29) is 5.91 Å². The maximum atomic E-state index is 11.3. The minimum absolute atomic E-state index is 0.0745. The Bertz CT molecular complexity index is 301. The Morgan fingerprint density at radius 1 is 1.67 bits per heavy atom. The number of nitrogens with one attached hydrogen (secondary N) is 1. The molecular weight excluding hydrogens is 194 g/mol. The van der Waals surface area contributed by atoms with E-state index in [0.717, 1.165) is 5.69 Å². The van der Waals surface area contributed by atoms with Gasteiger partial charge >= 0.3 is 0 Å². The Morgan fingerprint density at radius 2 is 2.47 bits per heavy atom. The summed E-state index contributed by atoms with van der Waals surface area (Å²) >= 11 is 0. The highest BCUT2D eigenvalue weighted by Gasteiger charge is 2.03. The molecule has 0 radical (unpaired) electrons. The smallest absolute Gasteiger partial charge is 0.220 e. The van der Waals surface area contributed by atoms with Crippen molar-refractivity contribution in [3.05, 3.63) is 24.3 Å². The molecule has 82 valence electrons. The molecule has 1 heterocycles. The number of amides is 1. The van der Waals surface area contributed by atoms with Crippen LogP contribution in [0.25, 0.3) is 0 Å². The predicted molar refractivity (Wildman–Crippen MR) is 54.8 cm³/mol. The molecule has 0 aliphatic rings. The quantitative estimate of drug-likeness (QED) is 0.729. The topological polar surface area (TPSA) is 75.1 Å². The van der Waals surface area contributed by atoms with Gasteiger partial charge in [-0.25, -0.2) is 9.97 Å². The molecule has 1 atom stereocenters. The SMILES string of the molecule is CC(O)CCC(=O)NCc1ccncn1. The van der Waals surface area contributed by atoms with Crippen LogP contribution in [0.5, 0.6) is 0 Å². The Hall–Kier alpha value is -1.49. The first-order chi connectivity index (χ1) is 7.18. The van der Waals surface area contributed by atoms with Gasteiger partial charge in [-0.15, -0.1) is 0 Å². The first-order valence-electron chi connectivity index (χ1n) is 4.88. The fourth-order valence-electron chi connectivity index (χ4n) is 1.04. The standard InChI is InChI=1S/C10H15N3O2/c1-8(14)2-3-10(15)12-6-9-4-5-11-7-13-9/h4-5,7-8,14H,2-3,6H2,1H3,(H,12,15). The van der Waals surface area contributed by atoms with Crippen LogP contribution in [0.2, 0.25) is 0 Å². The van der Waals surface area contributed by atoms with Crippen LogP contribution >= 0.6 is 0 Å². The number of hydrogen-bond acceptors (Lipinski definition) is 4. The molecule has 1 aromatic rings. The van der Waals surface area contributed by atoms with Crippen LogP contribution in [0.1, 0.15) is 25.5 Å². The third kappa shape index (κ3) is 5.07. The summed E-state index contributed by atoms with van der Waals surface area (Å²) in [5.41, 5.74) is 0.774. The molecule has 5 nitrogen and oxygen atoms in total.